The third-order valence-corrected chi connectivity index (χ3v) is 4.71. The van der Waals surface area contributed by atoms with Crippen LogP contribution in [0.15, 0.2) is 30.5 Å². The average Bonchev–Trinajstić information content (AvgIpc) is 2.51. The lowest BCUT2D eigenvalue weighted by molar-refractivity contribution is 0.311. The Labute approximate surface area is 132 Å². The van der Waals surface area contributed by atoms with Gasteiger partial charge in [0, 0.05) is 44.5 Å². The molecule has 0 bridgehead atoms. The molecular weight excluding hydrogens is 277 g/mol. The van der Waals surface area contributed by atoms with Crippen LogP contribution in [0.4, 0.5) is 15.8 Å². The Hall–Kier alpha value is -1.81. The maximum absolute atomic E-state index is 14.7. The quantitative estimate of drug-likeness (QED) is 0.829. The number of fused-ring (bicyclic) bond motifs is 1. The Morgan fingerprint density at radius 3 is 2.45 bits per heavy atom. The highest BCUT2D eigenvalue weighted by molar-refractivity contribution is 5.89. The first kappa shape index (κ1) is 15.1. The molecular formula is C18H24FN3. The predicted molar refractivity (Wildman–Crippen MR) is 91.9 cm³/mol. The monoisotopic (exact) mass is 301 g/mol. The molecule has 2 aliphatic heterocycles. The van der Waals surface area contributed by atoms with E-state index in [0.717, 1.165) is 55.1 Å². The largest absolute Gasteiger partial charge is 0.367 e. The lowest BCUT2D eigenvalue weighted by Crippen LogP contribution is -2.44. The first-order valence-electron chi connectivity index (χ1n) is 7.93. The third-order valence-electron chi connectivity index (χ3n) is 4.71. The van der Waals surface area contributed by atoms with Gasteiger partial charge in [-0.2, -0.15) is 0 Å². The van der Waals surface area contributed by atoms with Gasteiger partial charge < -0.3 is 14.7 Å². The smallest absolute Gasteiger partial charge is 0.147 e. The minimum atomic E-state index is -0.143. The van der Waals surface area contributed by atoms with Crippen molar-refractivity contribution in [1.29, 1.82) is 0 Å². The molecule has 1 saturated heterocycles. The molecule has 2 aliphatic rings. The van der Waals surface area contributed by atoms with Gasteiger partial charge in [0.05, 0.1) is 11.4 Å². The molecule has 3 rings (SSSR count). The Morgan fingerprint density at radius 1 is 1.14 bits per heavy atom. The van der Waals surface area contributed by atoms with E-state index in [9.17, 15) is 4.39 Å². The normalized spacial score (nSPS) is 19.3. The van der Waals surface area contributed by atoms with Gasteiger partial charge in [-0.15, -0.1) is 0 Å². The Balaban J connectivity index is 2.01. The van der Waals surface area contributed by atoms with E-state index in [2.05, 4.69) is 41.5 Å². The summed E-state index contributed by atoms with van der Waals surface area (Å²) >= 11 is 0. The maximum Gasteiger partial charge on any atom is 0.147 e. The number of halogens is 1. The van der Waals surface area contributed by atoms with Crippen LogP contribution in [0.5, 0.6) is 0 Å². The fourth-order valence-electron chi connectivity index (χ4n) is 3.18. The topological polar surface area (TPSA) is 9.72 Å². The van der Waals surface area contributed by atoms with Gasteiger partial charge in [0.1, 0.15) is 5.82 Å². The second kappa shape index (κ2) is 5.76. The molecule has 0 atom stereocenters. The molecule has 0 saturated carbocycles. The molecule has 1 aromatic rings. The zero-order valence-corrected chi connectivity index (χ0v) is 13.7. The van der Waals surface area contributed by atoms with Crippen molar-refractivity contribution in [1.82, 2.24) is 4.90 Å². The number of piperazine rings is 1. The highest BCUT2D eigenvalue weighted by Gasteiger charge is 2.24. The summed E-state index contributed by atoms with van der Waals surface area (Å²) in [6, 6.07) is 3.65. The Bertz CT molecular complexity index is 627. The molecule has 118 valence electrons. The standard InChI is InChI=1S/C18H24FN3/c1-5-21-12-13(2)14(3)15-10-16(19)18(11-17(15)21)22-8-6-20(4)7-9-22/h10-12H,3,5-9H2,1-2,4H3. The number of anilines is 2. The molecule has 1 aromatic carbocycles. The summed E-state index contributed by atoms with van der Waals surface area (Å²) in [5, 5.41) is 0. The number of likely N-dealkylation sites (N-methyl/N-ethyl adjacent to an activating group) is 1. The molecule has 0 radical (unpaired) electrons. The van der Waals surface area contributed by atoms with E-state index in [-0.39, 0.29) is 5.82 Å². The minimum absolute atomic E-state index is 0.143. The van der Waals surface area contributed by atoms with Crippen molar-refractivity contribution in [3.63, 3.8) is 0 Å². The van der Waals surface area contributed by atoms with Crippen molar-refractivity contribution in [2.45, 2.75) is 13.8 Å². The van der Waals surface area contributed by atoms with E-state index in [4.69, 9.17) is 0 Å². The molecule has 0 N–H and O–H groups in total. The first-order chi connectivity index (χ1) is 10.5. The highest BCUT2D eigenvalue weighted by Crippen LogP contribution is 2.39. The molecule has 22 heavy (non-hydrogen) atoms. The van der Waals surface area contributed by atoms with E-state index >= 15 is 0 Å². The summed E-state index contributed by atoms with van der Waals surface area (Å²) in [6.45, 7) is 12.8. The summed E-state index contributed by atoms with van der Waals surface area (Å²) in [6.07, 6.45) is 2.11. The van der Waals surface area contributed by atoms with Crippen molar-refractivity contribution in [3.8, 4) is 0 Å². The summed E-state index contributed by atoms with van der Waals surface area (Å²) in [7, 11) is 2.11. The van der Waals surface area contributed by atoms with Crippen LogP contribution in [-0.2, 0) is 0 Å². The van der Waals surface area contributed by atoms with E-state index in [1.165, 1.54) is 0 Å². The van der Waals surface area contributed by atoms with Crippen LogP contribution in [0.3, 0.4) is 0 Å². The maximum atomic E-state index is 14.7. The van der Waals surface area contributed by atoms with Crippen molar-refractivity contribution < 1.29 is 4.39 Å². The number of allylic oxidation sites excluding steroid dienone is 2. The van der Waals surface area contributed by atoms with E-state index in [0.29, 0.717) is 5.69 Å². The van der Waals surface area contributed by atoms with Crippen LogP contribution in [0.1, 0.15) is 19.4 Å². The van der Waals surface area contributed by atoms with Gasteiger partial charge in [-0.25, -0.2) is 4.39 Å². The molecule has 4 heteroatoms. The number of rotatable bonds is 2. The summed E-state index contributed by atoms with van der Waals surface area (Å²) in [5.74, 6) is -0.143. The molecule has 3 nitrogen and oxygen atoms in total. The van der Waals surface area contributed by atoms with Crippen LogP contribution >= 0.6 is 0 Å². The Kier molecular flexibility index (Phi) is 3.96. The van der Waals surface area contributed by atoms with Gasteiger partial charge in [0.2, 0.25) is 0 Å². The molecule has 0 unspecified atom stereocenters. The van der Waals surface area contributed by atoms with Crippen LogP contribution < -0.4 is 9.80 Å². The van der Waals surface area contributed by atoms with Gasteiger partial charge in [-0.1, -0.05) is 6.58 Å². The lowest BCUT2D eigenvalue weighted by atomic mass is 9.94. The number of hydrogen-bond acceptors (Lipinski definition) is 3. The molecule has 0 spiro atoms. The van der Waals surface area contributed by atoms with Crippen LogP contribution in [0.2, 0.25) is 0 Å². The van der Waals surface area contributed by atoms with Gasteiger partial charge in [0.15, 0.2) is 0 Å². The predicted octanol–water partition coefficient (Wildman–Crippen LogP) is 3.33. The number of hydrogen-bond donors (Lipinski definition) is 0. The molecule has 0 aliphatic carbocycles. The Morgan fingerprint density at radius 2 is 1.82 bits per heavy atom. The van der Waals surface area contributed by atoms with Gasteiger partial charge in [0.25, 0.3) is 0 Å². The van der Waals surface area contributed by atoms with E-state index in [1.54, 1.807) is 6.07 Å². The third kappa shape index (κ3) is 2.52. The highest BCUT2D eigenvalue weighted by atomic mass is 19.1. The zero-order chi connectivity index (χ0) is 15.9. The molecule has 0 amide bonds. The molecule has 1 fully saturated rings. The minimum Gasteiger partial charge on any atom is -0.367 e. The fourth-order valence-corrected chi connectivity index (χ4v) is 3.18. The number of benzene rings is 1. The molecule has 0 aromatic heterocycles. The van der Waals surface area contributed by atoms with E-state index < -0.39 is 0 Å². The lowest BCUT2D eigenvalue weighted by Gasteiger charge is -2.36. The number of nitrogens with zero attached hydrogens (tertiary/aromatic N) is 3. The zero-order valence-electron chi connectivity index (χ0n) is 13.7. The summed E-state index contributed by atoms with van der Waals surface area (Å²) < 4.78 is 14.7. The molecule has 2 heterocycles. The van der Waals surface area contributed by atoms with Crippen LogP contribution in [-0.4, -0.2) is 44.7 Å². The summed E-state index contributed by atoms with van der Waals surface area (Å²) in [4.78, 5) is 6.61. The first-order valence-corrected chi connectivity index (χ1v) is 7.93. The average molecular weight is 301 g/mol. The van der Waals surface area contributed by atoms with Crippen LogP contribution in [0.25, 0.3) is 5.57 Å². The SMILES string of the molecule is C=C1C(C)=CN(CC)c2cc(N3CCN(C)CC3)c(F)cc21. The van der Waals surface area contributed by atoms with Gasteiger partial charge in [-0.3, -0.25) is 0 Å². The second-order valence-electron chi connectivity index (χ2n) is 6.19. The van der Waals surface area contributed by atoms with Crippen molar-refractivity contribution in [2.24, 2.45) is 0 Å². The van der Waals surface area contributed by atoms with Gasteiger partial charge in [-0.05, 0) is 44.2 Å². The van der Waals surface area contributed by atoms with Gasteiger partial charge >= 0.3 is 0 Å². The van der Waals surface area contributed by atoms with Crippen LogP contribution in [0, 0.1) is 5.82 Å². The van der Waals surface area contributed by atoms with E-state index in [1.807, 2.05) is 13.0 Å². The summed E-state index contributed by atoms with van der Waals surface area (Å²) in [5.41, 5.74) is 4.71. The second-order valence-corrected chi connectivity index (χ2v) is 6.19. The van der Waals surface area contributed by atoms with Crippen molar-refractivity contribution in [3.05, 3.63) is 41.9 Å². The van der Waals surface area contributed by atoms with Crippen molar-refractivity contribution in [2.75, 3.05) is 49.6 Å². The fraction of sp³-hybridized carbons (Fsp3) is 0.444. The van der Waals surface area contributed by atoms with Crippen molar-refractivity contribution >= 4 is 16.9 Å².